The number of rotatable bonds is 11. The van der Waals surface area contributed by atoms with E-state index in [1.165, 1.54) is 12.6 Å². The van der Waals surface area contributed by atoms with Gasteiger partial charge in [-0.15, -0.1) is 0 Å². The smallest absolute Gasteiger partial charge is 0.252 e. The number of nitrogens with two attached hydrogens (primary N) is 1. The summed E-state index contributed by atoms with van der Waals surface area (Å²) in [5.74, 6) is 1.31. The molecule has 186 valence electrons. The lowest BCUT2D eigenvalue weighted by Crippen LogP contribution is -2.15. The van der Waals surface area contributed by atoms with Crippen LogP contribution in [0.15, 0.2) is 36.5 Å². The summed E-state index contributed by atoms with van der Waals surface area (Å²) in [6.45, 7) is 4.74. The summed E-state index contributed by atoms with van der Waals surface area (Å²) < 4.78 is 11.7. The molecule has 1 unspecified atom stereocenters. The molecule has 1 fully saturated rings. The summed E-state index contributed by atoms with van der Waals surface area (Å²) in [5.41, 5.74) is 9.78. The third-order valence-electron chi connectivity index (χ3n) is 6.65. The van der Waals surface area contributed by atoms with Crippen molar-refractivity contribution in [3.05, 3.63) is 53.2 Å². The molecule has 1 aliphatic heterocycles. The maximum atomic E-state index is 12.3. The summed E-state index contributed by atoms with van der Waals surface area (Å²) in [4.78, 5) is 16.8. The average Bonchev–Trinajstić information content (AvgIpc) is 3.39. The molecule has 35 heavy (non-hydrogen) atoms. The van der Waals surface area contributed by atoms with Gasteiger partial charge in [0.05, 0.1) is 37.1 Å². The van der Waals surface area contributed by atoms with Crippen molar-refractivity contribution in [3.63, 3.8) is 0 Å². The van der Waals surface area contributed by atoms with E-state index >= 15 is 0 Å². The lowest BCUT2D eigenvalue weighted by atomic mass is 10.0. The second kappa shape index (κ2) is 11.4. The van der Waals surface area contributed by atoms with Crippen LogP contribution in [0.4, 0.5) is 11.4 Å². The molecule has 8 nitrogen and oxygen atoms in total. The first kappa shape index (κ1) is 24.8. The van der Waals surface area contributed by atoms with Gasteiger partial charge in [-0.2, -0.15) is 0 Å². The number of aliphatic hydroxyl groups is 1. The number of nitrogens with zero attached hydrogens (tertiary/aromatic N) is 1. The molecule has 0 saturated carbocycles. The summed E-state index contributed by atoms with van der Waals surface area (Å²) in [7, 11) is 1.59. The molecule has 0 aliphatic carbocycles. The van der Waals surface area contributed by atoms with Crippen LogP contribution in [0.2, 0.25) is 0 Å². The number of ether oxygens (including phenoxy) is 2. The standard InChI is InChI=1S/C27H34N4O4/c1-3-19-18(16-32)7-4-8-22(19)31-26-20-12-24(34-2)25(13-23(20)30-15-21(26)27(28)33)35-11-5-6-17-9-10-29-14-17/h4,7-8,12-13,15,17,29,32H,3,5-6,9-11,14,16H2,1-2H3,(H2,28,33)(H,30,31). The molecule has 2 aromatic carbocycles. The number of aliphatic hydroxyl groups excluding tert-OH is 1. The highest BCUT2D eigenvalue weighted by atomic mass is 16.5. The Balaban J connectivity index is 1.67. The minimum atomic E-state index is -0.584. The molecule has 4 rings (SSSR count). The molecule has 0 bridgehead atoms. The van der Waals surface area contributed by atoms with Crippen molar-refractivity contribution in [3.8, 4) is 11.5 Å². The zero-order valence-electron chi connectivity index (χ0n) is 20.4. The van der Waals surface area contributed by atoms with E-state index in [1.54, 1.807) is 7.11 Å². The Hall–Kier alpha value is -3.36. The number of nitrogens with one attached hydrogen (secondary N) is 2. The molecule has 1 aromatic heterocycles. The minimum Gasteiger partial charge on any atom is -0.493 e. The fraction of sp³-hybridized carbons (Fsp3) is 0.407. The van der Waals surface area contributed by atoms with Crippen LogP contribution in [0.5, 0.6) is 11.5 Å². The van der Waals surface area contributed by atoms with Crippen LogP contribution in [0, 0.1) is 5.92 Å². The van der Waals surface area contributed by atoms with E-state index in [0.717, 1.165) is 48.7 Å². The van der Waals surface area contributed by atoms with Crippen molar-refractivity contribution in [2.45, 2.75) is 39.2 Å². The molecule has 1 aliphatic rings. The summed E-state index contributed by atoms with van der Waals surface area (Å²) in [6.07, 6.45) is 5.52. The third-order valence-corrected chi connectivity index (χ3v) is 6.65. The van der Waals surface area contributed by atoms with E-state index in [-0.39, 0.29) is 12.2 Å². The molecule has 5 N–H and O–H groups in total. The van der Waals surface area contributed by atoms with Gasteiger partial charge in [0.25, 0.3) is 5.91 Å². The molecule has 0 radical (unpaired) electrons. The van der Waals surface area contributed by atoms with Crippen molar-refractivity contribution < 1.29 is 19.4 Å². The topological polar surface area (TPSA) is 119 Å². The number of pyridine rings is 1. The highest BCUT2D eigenvalue weighted by Crippen LogP contribution is 2.38. The molecule has 1 saturated heterocycles. The minimum absolute atomic E-state index is 0.0652. The second-order valence-corrected chi connectivity index (χ2v) is 8.86. The van der Waals surface area contributed by atoms with Crippen LogP contribution in [-0.2, 0) is 13.0 Å². The molecule has 8 heteroatoms. The van der Waals surface area contributed by atoms with Crippen LogP contribution in [-0.4, -0.2) is 42.8 Å². The number of amides is 1. The number of benzene rings is 2. The monoisotopic (exact) mass is 478 g/mol. The maximum absolute atomic E-state index is 12.3. The van der Waals surface area contributed by atoms with Crippen LogP contribution in [0.25, 0.3) is 10.9 Å². The molecule has 1 atom stereocenters. The van der Waals surface area contributed by atoms with E-state index in [1.807, 2.05) is 37.3 Å². The number of carbonyl (C=O) groups excluding carboxylic acids is 1. The van der Waals surface area contributed by atoms with Gasteiger partial charge in [0, 0.05) is 23.3 Å². The first-order chi connectivity index (χ1) is 17.0. The number of primary amides is 1. The largest absolute Gasteiger partial charge is 0.493 e. The number of carbonyl (C=O) groups is 1. The number of fused-ring (bicyclic) bond motifs is 1. The van der Waals surface area contributed by atoms with Gasteiger partial charge in [-0.3, -0.25) is 9.78 Å². The van der Waals surface area contributed by atoms with Crippen LogP contribution >= 0.6 is 0 Å². The van der Waals surface area contributed by atoms with Crippen molar-refractivity contribution in [1.82, 2.24) is 10.3 Å². The Bertz CT molecular complexity index is 1190. The lowest BCUT2D eigenvalue weighted by molar-refractivity contribution is 0.100. The van der Waals surface area contributed by atoms with E-state index in [4.69, 9.17) is 15.2 Å². The lowest BCUT2D eigenvalue weighted by Gasteiger charge is -2.19. The van der Waals surface area contributed by atoms with Gasteiger partial charge in [0.1, 0.15) is 0 Å². The van der Waals surface area contributed by atoms with Crippen LogP contribution in [0.1, 0.15) is 47.7 Å². The fourth-order valence-electron chi connectivity index (χ4n) is 4.76. The van der Waals surface area contributed by atoms with E-state index < -0.39 is 5.91 Å². The summed E-state index contributed by atoms with van der Waals surface area (Å²) >= 11 is 0. The molecular weight excluding hydrogens is 444 g/mol. The van der Waals surface area contributed by atoms with Crippen molar-refractivity contribution in [1.29, 1.82) is 0 Å². The van der Waals surface area contributed by atoms with Gasteiger partial charge in [-0.25, -0.2) is 0 Å². The number of aromatic nitrogens is 1. The number of methoxy groups -OCH3 is 1. The average molecular weight is 479 g/mol. The van der Waals surface area contributed by atoms with Gasteiger partial charge in [0.2, 0.25) is 0 Å². The molecule has 2 heterocycles. The number of hydrogen-bond acceptors (Lipinski definition) is 7. The fourth-order valence-corrected chi connectivity index (χ4v) is 4.76. The van der Waals surface area contributed by atoms with Gasteiger partial charge in [-0.1, -0.05) is 19.1 Å². The number of hydrogen-bond donors (Lipinski definition) is 4. The Morgan fingerprint density at radius 2 is 2.17 bits per heavy atom. The third kappa shape index (κ3) is 5.49. The predicted octanol–water partition coefficient (Wildman–Crippen LogP) is 3.91. The van der Waals surface area contributed by atoms with Crippen molar-refractivity contribution >= 4 is 28.2 Å². The normalized spacial score (nSPS) is 15.3. The zero-order valence-corrected chi connectivity index (χ0v) is 20.4. The van der Waals surface area contributed by atoms with Gasteiger partial charge < -0.3 is 30.9 Å². The molecule has 3 aromatic rings. The predicted molar refractivity (Wildman–Crippen MR) is 138 cm³/mol. The van der Waals surface area contributed by atoms with Crippen LogP contribution < -0.4 is 25.8 Å². The molecule has 0 spiro atoms. The van der Waals surface area contributed by atoms with Crippen LogP contribution in [0.3, 0.4) is 0 Å². The van der Waals surface area contributed by atoms with Gasteiger partial charge >= 0.3 is 0 Å². The number of anilines is 2. The zero-order chi connectivity index (χ0) is 24.8. The second-order valence-electron chi connectivity index (χ2n) is 8.86. The highest BCUT2D eigenvalue weighted by Gasteiger charge is 2.19. The van der Waals surface area contributed by atoms with Gasteiger partial charge in [0.15, 0.2) is 11.5 Å². The first-order valence-corrected chi connectivity index (χ1v) is 12.2. The molecular formula is C27H34N4O4. The maximum Gasteiger partial charge on any atom is 0.252 e. The van der Waals surface area contributed by atoms with Crippen molar-refractivity contribution in [2.24, 2.45) is 11.7 Å². The Kier molecular flexibility index (Phi) is 8.05. The first-order valence-electron chi connectivity index (χ1n) is 12.2. The Morgan fingerprint density at radius 3 is 2.86 bits per heavy atom. The SMILES string of the molecule is CCc1c(CO)cccc1Nc1c(C(N)=O)cnc2cc(OCCCC3CCNC3)c(OC)cc12. The Morgan fingerprint density at radius 1 is 1.31 bits per heavy atom. The van der Waals surface area contributed by atoms with Crippen molar-refractivity contribution in [2.75, 3.05) is 32.1 Å². The van der Waals surface area contributed by atoms with Gasteiger partial charge in [-0.05, 0) is 68.0 Å². The quantitative estimate of drug-likeness (QED) is 0.309. The van der Waals surface area contributed by atoms with E-state index in [0.29, 0.717) is 41.1 Å². The van der Waals surface area contributed by atoms with E-state index in [9.17, 15) is 9.90 Å². The highest BCUT2D eigenvalue weighted by molar-refractivity contribution is 6.08. The summed E-state index contributed by atoms with van der Waals surface area (Å²) in [6, 6.07) is 9.35. The van der Waals surface area contributed by atoms with E-state index in [2.05, 4.69) is 15.6 Å². The molecule has 1 amide bonds. The summed E-state index contributed by atoms with van der Waals surface area (Å²) in [5, 5.41) is 17.2. The Labute approximate surface area is 205 Å².